The van der Waals surface area contributed by atoms with Crippen molar-refractivity contribution >= 4 is 0 Å². The Morgan fingerprint density at radius 1 is 1.31 bits per heavy atom. The van der Waals surface area contributed by atoms with Crippen molar-refractivity contribution in [2.24, 2.45) is 5.73 Å². The van der Waals surface area contributed by atoms with Crippen molar-refractivity contribution in [2.75, 3.05) is 0 Å². The lowest BCUT2D eigenvalue weighted by Crippen LogP contribution is -2.40. The fourth-order valence-corrected chi connectivity index (χ4v) is 3.01. The van der Waals surface area contributed by atoms with E-state index in [1.54, 1.807) is 6.07 Å². The molecule has 1 heterocycles. The Morgan fingerprint density at radius 2 is 2.06 bits per heavy atom. The maximum atomic E-state index is 13.1. The van der Waals surface area contributed by atoms with E-state index in [1.807, 2.05) is 0 Å². The molecule has 1 atom stereocenters. The summed E-state index contributed by atoms with van der Waals surface area (Å²) in [5.74, 6) is 0.544. The molecule has 2 N–H and O–H groups in total. The standard InChI is InChI=1S/C13H16FNO/c14-9-3-4-12-10(7-9)11(15)8-13(16-12)5-1-2-6-13/h3-4,7,11H,1-2,5-6,8,15H2/t11-/m1/s1. The van der Waals surface area contributed by atoms with Gasteiger partial charge >= 0.3 is 0 Å². The Balaban J connectivity index is 1.99. The molecule has 1 spiro atoms. The number of rotatable bonds is 0. The van der Waals surface area contributed by atoms with Crippen molar-refractivity contribution in [3.05, 3.63) is 29.6 Å². The van der Waals surface area contributed by atoms with E-state index >= 15 is 0 Å². The smallest absolute Gasteiger partial charge is 0.125 e. The lowest BCUT2D eigenvalue weighted by Gasteiger charge is -2.38. The average molecular weight is 221 g/mol. The molecule has 1 aromatic carbocycles. The number of benzene rings is 1. The third kappa shape index (κ3) is 1.50. The molecule has 16 heavy (non-hydrogen) atoms. The molecule has 86 valence electrons. The van der Waals surface area contributed by atoms with Crippen LogP contribution in [-0.4, -0.2) is 5.60 Å². The second kappa shape index (κ2) is 3.45. The highest BCUT2D eigenvalue weighted by atomic mass is 19.1. The second-order valence-electron chi connectivity index (χ2n) is 4.98. The van der Waals surface area contributed by atoms with Gasteiger partial charge in [0, 0.05) is 18.0 Å². The summed E-state index contributed by atoms with van der Waals surface area (Å²) in [4.78, 5) is 0. The Labute approximate surface area is 94.6 Å². The van der Waals surface area contributed by atoms with Gasteiger partial charge in [0.1, 0.15) is 17.2 Å². The van der Waals surface area contributed by atoms with Gasteiger partial charge in [-0.3, -0.25) is 0 Å². The van der Waals surface area contributed by atoms with Crippen LogP contribution in [0.5, 0.6) is 5.75 Å². The highest BCUT2D eigenvalue weighted by Crippen LogP contribution is 2.46. The number of hydrogen-bond donors (Lipinski definition) is 1. The third-order valence-corrected chi connectivity index (χ3v) is 3.80. The maximum absolute atomic E-state index is 13.1. The van der Waals surface area contributed by atoms with Gasteiger partial charge < -0.3 is 10.5 Å². The predicted molar refractivity (Wildman–Crippen MR) is 59.8 cm³/mol. The SMILES string of the molecule is N[C@@H]1CC2(CCCC2)Oc2ccc(F)cc21. The van der Waals surface area contributed by atoms with Crippen LogP contribution in [0.3, 0.4) is 0 Å². The quantitative estimate of drug-likeness (QED) is 0.731. The van der Waals surface area contributed by atoms with E-state index in [2.05, 4.69) is 0 Å². The van der Waals surface area contributed by atoms with E-state index in [0.29, 0.717) is 0 Å². The van der Waals surface area contributed by atoms with Gasteiger partial charge in [0.2, 0.25) is 0 Å². The van der Waals surface area contributed by atoms with Crippen LogP contribution in [0.2, 0.25) is 0 Å². The van der Waals surface area contributed by atoms with E-state index in [0.717, 1.165) is 30.6 Å². The van der Waals surface area contributed by atoms with Crippen LogP contribution >= 0.6 is 0 Å². The first kappa shape index (κ1) is 10.1. The molecule has 0 bridgehead atoms. The largest absolute Gasteiger partial charge is 0.487 e. The van der Waals surface area contributed by atoms with Crippen molar-refractivity contribution in [2.45, 2.75) is 43.7 Å². The number of fused-ring (bicyclic) bond motifs is 1. The Hall–Kier alpha value is -1.09. The van der Waals surface area contributed by atoms with Crippen molar-refractivity contribution in [3.8, 4) is 5.75 Å². The van der Waals surface area contributed by atoms with Crippen LogP contribution in [0.1, 0.15) is 43.7 Å². The van der Waals surface area contributed by atoms with Crippen molar-refractivity contribution < 1.29 is 9.13 Å². The molecule has 1 aliphatic heterocycles. The molecule has 1 saturated carbocycles. The Morgan fingerprint density at radius 3 is 2.81 bits per heavy atom. The van der Waals surface area contributed by atoms with Crippen LogP contribution in [0.15, 0.2) is 18.2 Å². The molecule has 1 aromatic rings. The number of hydrogen-bond acceptors (Lipinski definition) is 2. The Bertz CT molecular complexity index is 412. The van der Waals surface area contributed by atoms with Crippen molar-refractivity contribution in [1.29, 1.82) is 0 Å². The van der Waals surface area contributed by atoms with Crippen LogP contribution in [-0.2, 0) is 0 Å². The van der Waals surface area contributed by atoms with Gasteiger partial charge in [-0.2, -0.15) is 0 Å². The van der Waals surface area contributed by atoms with Crippen LogP contribution in [0, 0.1) is 5.82 Å². The van der Waals surface area contributed by atoms with Gasteiger partial charge in [-0.15, -0.1) is 0 Å². The minimum absolute atomic E-state index is 0.0652. The fourth-order valence-electron chi connectivity index (χ4n) is 3.01. The van der Waals surface area contributed by atoms with Gasteiger partial charge in [0.25, 0.3) is 0 Å². The average Bonchev–Trinajstić information content (AvgIpc) is 2.68. The topological polar surface area (TPSA) is 35.2 Å². The monoisotopic (exact) mass is 221 g/mol. The molecular formula is C13H16FNO. The first-order chi connectivity index (χ1) is 7.69. The zero-order chi connectivity index (χ0) is 11.2. The van der Waals surface area contributed by atoms with Crippen LogP contribution < -0.4 is 10.5 Å². The lowest BCUT2D eigenvalue weighted by atomic mass is 9.86. The van der Waals surface area contributed by atoms with Gasteiger partial charge in [-0.1, -0.05) is 0 Å². The number of ether oxygens (including phenoxy) is 1. The highest BCUT2D eigenvalue weighted by molar-refractivity contribution is 5.39. The van der Waals surface area contributed by atoms with E-state index < -0.39 is 0 Å². The molecule has 0 unspecified atom stereocenters. The number of halogens is 1. The minimum atomic E-state index is -0.236. The van der Waals surface area contributed by atoms with E-state index in [1.165, 1.54) is 25.0 Å². The zero-order valence-electron chi connectivity index (χ0n) is 9.21. The molecule has 0 radical (unpaired) electrons. The lowest BCUT2D eigenvalue weighted by molar-refractivity contribution is 0.0424. The molecular weight excluding hydrogens is 205 g/mol. The summed E-state index contributed by atoms with van der Waals surface area (Å²) in [7, 11) is 0. The van der Waals surface area contributed by atoms with Gasteiger partial charge in [-0.25, -0.2) is 4.39 Å². The normalized spacial score (nSPS) is 26.5. The molecule has 2 aliphatic rings. The summed E-state index contributed by atoms with van der Waals surface area (Å²) in [5, 5.41) is 0. The summed E-state index contributed by atoms with van der Waals surface area (Å²) in [6.45, 7) is 0. The summed E-state index contributed by atoms with van der Waals surface area (Å²) < 4.78 is 19.2. The van der Waals surface area contributed by atoms with Gasteiger partial charge in [0.15, 0.2) is 0 Å². The summed E-state index contributed by atoms with van der Waals surface area (Å²) in [5.41, 5.74) is 6.87. The summed E-state index contributed by atoms with van der Waals surface area (Å²) in [6, 6.07) is 4.57. The zero-order valence-corrected chi connectivity index (χ0v) is 9.21. The third-order valence-electron chi connectivity index (χ3n) is 3.80. The maximum Gasteiger partial charge on any atom is 0.125 e. The van der Waals surface area contributed by atoms with Crippen molar-refractivity contribution in [1.82, 2.24) is 0 Å². The molecule has 1 aliphatic carbocycles. The van der Waals surface area contributed by atoms with E-state index in [9.17, 15) is 4.39 Å². The van der Waals surface area contributed by atoms with E-state index in [-0.39, 0.29) is 17.5 Å². The fraction of sp³-hybridized carbons (Fsp3) is 0.538. The Kier molecular flexibility index (Phi) is 2.18. The molecule has 1 fully saturated rings. The minimum Gasteiger partial charge on any atom is -0.487 e. The summed E-state index contributed by atoms with van der Waals surface area (Å²) in [6.07, 6.45) is 5.41. The first-order valence-corrected chi connectivity index (χ1v) is 5.93. The molecule has 3 rings (SSSR count). The predicted octanol–water partition coefficient (Wildman–Crippen LogP) is 2.92. The second-order valence-corrected chi connectivity index (χ2v) is 4.98. The summed E-state index contributed by atoms with van der Waals surface area (Å²) >= 11 is 0. The van der Waals surface area contributed by atoms with Crippen LogP contribution in [0.4, 0.5) is 4.39 Å². The van der Waals surface area contributed by atoms with Crippen molar-refractivity contribution in [3.63, 3.8) is 0 Å². The van der Waals surface area contributed by atoms with E-state index in [4.69, 9.17) is 10.5 Å². The molecule has 2 nitrogen and oxygen atoms in total. The molecule has 0 aromatic heterocycles. The van der Waals surface area contributed by atoms with Gasteiger partial charge in [-0.05, 0) is 43.9 Å². The molecule has 3 heteroatoms. The van der Waals surface area contributed by atoms with Gasteiger partial charge in [0.05, 0.1) is 0 Å². The first-order valence-electron chi connectivity index (χ1n) is 5.93. The highest BCUT2D eigenvalue weighted by Gasteiger charge is 2.41. The van der Waals surface area contributed by atoms with Crippen LogP contribution in [0.25, 0.3) is 0 Å². The number of nitrogens with two attached hydrogens (primary N) is 1. The molecule has 0 saturated heterocycles. The molecule has 0 amide bonds.